The Kier molecular flexibility index (Phi) is 3.96. The first-order valence-electron chi connectivity index (χ1n) is 5.70. The Morgan fingerprint density at radius 3 is 3.05 bits per heavy atom. The predicted octanol–water partition coefficient (Wildman–Crippen LogP) is 1.50. The lowest BCUT2D eigenvalue weighted by Crippen LogP contribution is -2.44. The molecule has 0 bridgehead atoms. The lowest BCUT2D eigenvalue weighted by atomic mass is 10.2. The average Bonchev–Trinajstić information content (AvgIpc) is 2.37. The van der Waals surface area contributed by atoms with Crippen molar-refractivity contribution in [3.63, 3.8) is 0 Å². The molecule has 0 aliphatic carbocycles. The van der Waals surface area contributed by atoms with Crippen LogP contribution in [0.4, 0.5) is 5.69 Å². The molecule has 0 saturated carbocycles. The summed E-state index contributed by atoms with van der Waals surface area (Å²) >= 11 is 5.70. The van der Waals surface area contributed by atoms with E-state index in [1.54, 1.807) is 0 Å². The van der Waals surface area contributed by atoms with Crippen LogP contribution in [-0.4, -0.2) is 46.5 Å². The van der Waals surface area contributed by atoms with Gasteiger partial charge in [0.25, 0.3) is 11.6 Å². The molecular formula is C11H12ClN3O4. The van der Waals surface area contributed by atoms with Crippen molar-refractivity contribution >= 4 is 23.2 Å². The number of halogens is 1. The van der Waals surface area contributed by atoms with Crippen LogP contribution in [0.25, 0.3) is 0 Å². The number of pyridine rings is 1. The van der Waals surface area contributed by atoms with E-state index in [2.05, 4.69) is 4.98 Å². The Balaban J connectivity index is 2.32. The van der Waals surface area contributed by atoms with Crippen molar-refractivity contribution in [1.29, 1.82) is 0 Å². The molecule has 7 nitrogen and oxygen atoms in total. The molecular weight excluding hydrogens is 274 g/mol. The Morgan fingerprint density at radius 1 is 1.68 bits per heavy atom. The summed E-state index contributed by atoms with van der Waals surface area (Å²) in [6, 6.07) is 1.22. The molecule has 1 aliphatic heterocycles. The number of hydrogen-bond acceptors (Lipinski definition) is 5. The summed E-state index contributed by atoms with van der Waals surface area (Å²) in [6.07, 6.45) is 0.911. The fourth-order valence-electron chi connectivity index (χ4n) is 1.91. The normalized spacial score (nSPS) is 19.3. The maximum absolute atomic E-state index is 12.3. The van der Waals surface area contributed by atoms with Gasteiger partial charge in [-0.2, -0.15) is 0 Å². The highest BCUT2D eigenvalue weighted by Crippen LogP contribution is 2.22. The van der Waals surface area contributed by atoms with E-state index in [0.29, 0.717) is 19.7 Å². The van der Waals surface area contributed by atoms with Crippen LogP contribution in [0.2, 0.25) is 5.15 Å². The highest BCUT2D eigenvalue weighted by molar-refractivity contribution is 6.29. The third kappa shape index (κ3) is 2.99. The zero-order valence-corrected chi connectivity index (χ0v) is 11.0. The van der Waals surface area contributed by atoms with Crippen LogP contribution >= 0.6 is 11.6 Å². The molecule has 0 spiro atoms. The smallest absolute Gasteiger partial charge is 0.300 e. The summed E-state index contributed by atoms with van der Waals surface area (Å²) in [4.78, 5) is 27.7. The zero-order chi connectivity index (χ0) is 14.0. The molecule has 1 atom stereocenters. The third-order valence-electron chi connectivity index (χ3n) is 2.80. The number of nitrogens with zero attached hydrogens (tertiary/aromatic N) is 3. The molecule has 2 heterocycles. The summed E-state index contributed by atoms with van der Waals surface area (Å²) in [6.45, 7) is 3.06. The Morgan fingerprint density at radius 2 is 2.42 bits per heavy atom. The quantitative estimate of drug-likeness (QED) is 0.467. The van der Waals surface area contributed by atoms with Gasteiger partial charge in [0.2, 0.25) is 0 Å². The molecule has 1 unspecified atom stereocenters. The second-order valence-electron chi connectivity index (χ2n) is 4.21. The lowest BCUT2D eigenvalue weighted by Gasteiger charge is -2.31. The molecule has 19 heavy (non-hydrogen) atoms. The van der Waals surface area contributed by atoms with Crippen molar-refractivity contribution < 1.29 is 14.5 Å². The number of aromatic nitrogens is 1. The van der Waals surface area contributed by atoms with Crippen molar-refractivity contribution in [3.05, 3.63) is 33.1 Å². The second-order valence-corrected chi connectivity index (χ2v) is 4.60. The van der Waals surface area contributed by atoms with Crippen LogP contribution in [0.15, 0.2) is 12.3 Å². The molecule has 1 aromatic rings. The summed E-state index contributed by atoms with van der Waals surface area (Å²) < 4.78 is 5.33. The number of hydrogen-bond donors (Lipinski definition) is 0. The topological polar surface area (TPSA) is 85.6 Å². The van der Waals surface area contributed by atoms with E-state index in [1.165, 1.54) is 11.0 Å². The van der Waals surface area contributed by atoms with Crippen LogP contribution in [0.5, 0.6) is 0 Å². The maximum Gasteiger partial charge on any atom is 0.300 e. The number of rotatable bonds is 2. The van der Waals surface area contributed by atoms with Crippen LogP contribution in [-0.2, 0) is 4.74 Å². The molecule has 0 N–H and O–H groups in total. The van der Waals surface area contributed by atoms with E-state index < -0.39 is 10.8 Å². The first kappa shape index (κ1) is 13.7. The molecule has 0 radical (unpaired) electrons. The number of nitro groups is 1. The van der Waals surface area contributed by atoms with Crippen LogP contribution in [0.1, 0.15) is 17.3 Å². The van der Waals surface area contributed by atoms with Crippen LogP contribution in [0.3, 0.4) is 0 Å². The van der Waals surface area contributed by atoms with Gasteiger partial charge < -0.3 is 9.64 Å². The van der Waals surface area contributed by atoms with E-state index in [9.17, 15) is 14.9 Å². The van der Waals surface area contributed by atoms with Crippen LogP contribution < -0.4 is 0 Å². The molecule has 8 heteroatoms. The number of morpholine rings is 1. The number of amides is 1. The number of carbonyl (C=O) groups is 1. The molecule has 2 rings (SSSR count). The first-order valence-corrected chi connectivity index (χ1v) is 6.07. The Bertz CT molecular complexity index is 523. The monoisotopic (exact) mass is 285 g/mol. The van der Waals surface area contributed by atoms with Gasteiger partial charge in [-0.1, -0.05) is 11.6 Å². The van der Waals surface area contributed by atoms with Crippen molar-refractivity contribution in [2.45, 2.75) is 13.0 Å². The fraction of sp³-hybridized carbons (Fsp3) is 0.455. The van der Waals surface area contributed by atoms with E-state index in [4.69, 9.17) is 16.3 Å². The van der Waals surface area contributed by atoms with E-state index in [1.807, 2.05) is 6.92 Å². The third-order valence-corrected chi connectivity index (χ3v) is 3.01. The molecule has 1 aromatic heterocycles. The van der Waals surface area contributed by atoms with E-state index in [0.717, 1.165) is 6.20 Å². The minimum Gasteiger partial charge on any atom is -0.375 e. The Labute approximate surface area is 114 Å². The number of carbonyl (C=O) groups excluding carboxylic acids is 1. The molecule has 0 aromatic carbocycles. The van der Waals surface area contributed by atoms with Crippen molar-refractivity contribution in [1.82, 2.24) is 9.88 Å². The van der Waals surface area contributed by atoms with Gasteiger partial charge in [-0.15, -0.1) is 0 Å². The summed E-state index contributed by atoms with van der Waals surface area (Å²) in [5.74, 6) is -0.425. The predicted molar refractivity (Wildman–Crippen MR) is 67.2 cm³/mol. The molecule has 102 valence electrons. The minimum atomic E-state index is -0.638. The summed E-state index contributed by atoms with van der Waals surface area (Å²) in [7, 11) is 0. The van der Waals surface area contributed by atoms with E-state index in [-0.39, 0.29) is 22.5 Å². The maximum atomic E-state index is 12.3. The molecule has 1 fully saturated rings. The second kappa shape index (κ2) is 5.50. The van der Waals surface area contributed by atoms with Gasteiger partial charge in [0.15, 0.2) is 0 Å². The van der Waals surface area contributed by atoms with Gasteiger partial charge in [-0.25, -0.2) is 4.98 Å². The zero-order valence-electron chi connectivity index (χ0n) is 10.2. The SMILES string of the molecule is CC1CN(C(=O)c2cc(Cl)ncc2[N+](=O)[O-])CCO1. The largest absolute Gasteiger partial charge is 0.375 e. The van der Waals surface area contributed by atoms with Gasteiger partial charge in [0.1, 0.15) is 16.9 Å². The Hall–Kier alpha value is -1.73. The minimum absolute atomic E-state index is 0.0425. The van der Waals surface area contributed by atoms with Gasteiger partial charge >= 0.3 is 0 Å². The fourth-order valence-corrected chi connectivity index (χ4v) is 2.07. The van der Waals surface area contributed by atoms with Gasteiger partial charge in [0.05, 0.1) is 17.6 Å². The first-order chi connectivity index (χ1) is 8.99. The van der Waals surface area contributed by atoms with Crippen molar-refractivity contribution in [2.24, 2.45) is 0 Å². The average molecular weight is 286 g/mol. The van der Waals surface area contributed by atoms with Crippen molar-refractivity contribution in [3.8, 4) is 0 Å². The van der Waals surface area contributed by atoms with E-state index >= 15 is 0 Å². The standard InChI is InChI=1S/C11H12ClN3O4/c1-7-6-14(2-3-19-7)11(16)8-4-10(12)13-5-9(8)15(17)18/h4-5,7H,2-3,6H2,1H3. The highest BCUT2D eigenvalue weighted by atomic mass is 35.5. The van der Waals surface area contributed by atoms with Crippen LogP contribution in [0, 0.1) is 10.1 Å². The molecule has 1 aliphatic rings. The molecule has 1 amide bonds. The van der Waals surface area contributed by atoms with Gasteiger partial charge in [-0.3, -0.25) is 14.9 Å². The lowest BCUT2D eigenvalue weighted by molar-refractivity contribution is -0.385. The van der Waals surface area contributed by atoms with Gasteiger partial charge in [-0.05, 0) is 13.0 Å². The number of ether oxygens (including phenoxy) is 1. The summed E-state index contributed by atoms with van der Waals surface area (Å²) in [5.41, 5.74) is -0.382. The highest BCUT2D eigenvalue weighted by Gasteiger charge is 2.28. The molecule has 1 saturated heterocycles. The van der Waals surface area contributed by atoms with Crippen molar-refractivity contribution in [2.75, 3.05) is 19.7 Å². The van der Waals surface area contributed by atoms with Gasteiger partial charge in [0, 0.05) is 13.1 Å². The summed E-state index contributed by atoms with van der Waals surface area (Å²) in [5, 5.41) is 11.0.